The van der Waals surface area contributed by atoms with Crippen LogP contribution in [0.4, 0.5) is 0 Å². The molecule has 0 saturated heterocycles. The highest BCUT2D eigenvalue weighted by Crippen LogP contribution is 2.26. The van der Waals surface area contributed by atoms with Crippen molar-refractivity contribution < 1.29 is 4.42 Å². The lowest BCUT2D eigenvalue weighted by Gasteiger charge is -2.04. The fourth-order valence-electron chi connectivity index (χ4n) is 2.68. The van der Waals surface area contributed by atoms with E-state index in [1.54, 1.807) is 0 Å². The molecule has 3 heterocycles. The van der Waals surface area contributed by atoms with Crippen molar-refractivity contribution in [2.75, 3.05) is 0 Å². The van der Waals surface area contributed by atoms with Crippen LogP contribution >= 0.6 is 11.8 Å². The second-order valence-corrected chi connectivity index (χ2v) is 6.29. The monoisotopic (exact) mass is 341 g/mol. The van der Waals surface area contributed by atoms with Crippen LogP contribution < -0.4 is 5.56 Å². The molecule has 0 aliphatic heterocycles. The normalized spacial score (nSPS) is 11.6. The van der Waals surface area contributed by atoms with E-state index in [0.29, 0.717) is 22.7 Å². The lowest BCUT2D eigenvalue weighted by molar-refractivity contribution is 0.659. The molecule has 122 valence electrons. The largest absolute Gasteiger partial charge is 0.449 e. The molecule has 0 saturated carbocycles. The molecule has 8 heteroatoms. The van der Waals surface area contributed by atoms with Crippen LogP contribution in [-0.2, 0) is 12.3 Å². The first-order chi connectivity index (χ1) is 11.7. The molecule has 0 unspecified atom stereocenters. The summed E-state index contributed by atoms with van der Waals surface area (Å²) in [6, 6.07) is 7.51. The number of aryl methyl sites for hydroxylation is 1. The average Bonchev–Trinajstić information content (AvgIpc) is 3.14. The molecule has 0 spiro atoms. The van der Waals surface area contributed by atoms with Crippen molar-refractivity contribution in [3.8, 4) is 0 Å². The number of hydrogen-bond donors (Lipinski definition) is 1. The third-order valence-electron chi connectivity index (χ3n) is 3.84. The second-order valence-electron chi connectivity index (χ2n) is 5.35. The number of aromatic nitrogens is 5. The Morgan fingerprint density at radius 3 is 2.96 bits per heavy atom. The lowest BCUT2D eigenvalue weighted by atomic mass is 10.2. The van der Waals surface area contributed by atoms with Gasteiger partial charge in [0, 0.05) is 11.9 Å². The number of benzene rings is 1. The zero-order valence-electron chi connectivity index (χ0n) is 13.2. The molecule has 1 aromatic carbocycles. The van der Waals surface area contributed by atoms with Crippen LogP contribution in [0.25, 0.3) is 22.1 Å². The van der Waals surface area contributed by atoms with Gasteiger partial charge in [-0.2, -0.15) is 0 Å². The topological polar surface area (TPSA) is 89.6 Å². The maximum Gasteiger partial charge on any atom is 0.294 e. The Labute approximate surface area is 141 Å². The molecule has 4 rings (SSSR count). The molecular formula is C16H15N5O2S. The van der Waals surface area contributed by atoms with Crippen molar-refractivity contribution in [2.24, 2.45) is 0 Å². The molecule has 4 aromatic rings. The van der Waals surface area contributed by atoms with Crippen LogP contribution in [0.2, 0.25) is 0 Å². The van der Waals surface area contributed by atoms with Gasteiger partial charge in [0.15, 0.2) is 5.16 Å². The molecule has 7 nitrogen and oxygen atoms in total. The van der Waals surface area contributed by atoms with Crippen LogP contribution in [0.15, 0.2) is 38.6 Å². The Balaban J connectivity index is 1.72. The minimum Gasteiger partial charge on any atom is -0.449 e. The first-order valence-electron chi connectivity index (χ1n) is 7.60. The van der Waals surface area contributed by atoms with E-state index < -0.39 is 0 Å². The molecule has 0 fully saturated rings. The lowest BCUT2D eigenvalue weighted by Crippen LogP contribution is -2.10. The van der Waals surface area contributed by atoms with E-state index >= 15 is 0 Å². The number of thioether (sulfide) groups is 1. The summed E-state index contributed by atoms with van der Waals surface area (Å²) in [6.07, 6.45) is 0. The third-order valence-corrected chi connectivity index (χ3v) is 4.81. The summed E-state index contributed by atoms with van der Waals surface area (Å²) in [4.78, 5) is 19.6. The fourth-order valence-corrected chi connectivity index (χ4v) is 3.60. The van der Waals surface area contributed by atoms with E-state index in [1.165, 1.54) is 11.8 Å². The molecular weight excluding hydrogens is 326 g/mol. The smallest absolute Gasteiger partial charge is 0.294 e. The van der Waals surface area contributed by atoms with Gasteiger partial charge >= 0.3 is 0 Å². The maximum atomic E-state index is 12.3. The molecule has 3 aromatic heterocycles. The number of nitrogens with zero attached hydrogens (tertiary/aromatic N) is 4. The van der Waals surface area contributed by atoms with Gasteiger partial charge in [-0.1, -0.05) is 23.9 Å². The Hall–Kier alpha value is -2.61. The van der Waals surface area contributed by atoms with Gasteiger partial charge in [0.05, 0.1) is 5.75 Å². The van der Waals surface area contributed by atoms with E-state index in [-0.39, 0.29) is 11.1 Å². The number of hydrogen-bond acceptors (Lipinski definition) is 6. The van der Waals surface area contributed by atoms with Crippen LogP contribution in [0.5, 0.6) is 0 Å². The number of fused-ring (bicyclic) bond motifs is 3. The molecule has 24 heavy (non-hydrogen) atoms. The first kappa shape index (κ1) is 14.9. The summed E-state index contributed by atoms with van der Waals surface area (Å²) in [6.45, 7) is 4.77. The molecule has 0 radical (unpaired) electrons. The highest BCUT2D eigenvalue weighted by molar-refractivity contribution is 7.98. The number of aromatic amines is 1. The number of rotatable bonds is 4. The Morgan fingerprint density at radius 1 is 1.29 bits per heavy atom. The predicted molar refractivity (Wildman–Crippen MR) is 92.1 cm³/mol. The third kappa shape index (κ3) is 2.39. The summed E-state index contributed by atoms with van der Waals surface area (Å²) in [5, 5.41) is 9.91. The molecule has 0 bridgehead atoms. The van der Waals surface area contributed by atoms with Crippen molar-refractivity contribution in [3.05, 3.63) is 46.3 Å². The summed E-state index contributed by atoms with van der Waals surface area (Å²) < 4.78 is 7.62. The summed E-state index contributed by atoms with van der Waals surface area (Å²) in [5.41, 5.74) is 1.26. The van der Waals surface area contributed by atoms with Crippen LogP contribution in [-0.4, -0.2) is 24.7 Å². The minimum atomic E-state index is -0.264. The zero-order valence-corrected chi connectivity index (χ0v) is 14.1. The van der Waals surface area contributed by atoms with Crippen LogP contribution in [0, 0.1) is 6.92 Å². The van der Waals surface area contributed by atoms with Gasteiger partial charge < -0.3 is 14.0 Å². The van der Waals surface area contributed by atoms with Gasteiger partial charge in [0.25, 0.3) is 5.56 Å². The highest BCUT2D eigenvalue weighted by Gasteiger charge is 2.14. The van der Waals surface area contributed by atoms with Crippen LogP contribution in [0.1, 0.15) is 18.6 Å². The molecule has 0 atom stereocenters. The van der Waals surface area contributed by atoms with Gasteiger partial charge in [-0.25, -0.2) is 4.98 Å². The van der Waals surface area contributed by atoms with Crippen molar-refractivity contribution in [2.45, 2.75) is 31.3 Å². The van der Waals surface area contributed by atoms with E-state index in [2.05, 4.69) is 20.2 Å². The SMILES string of the molecule is CCn1c(C)nnc1SCc1nc2c(oc3ccccc32)c(=O)[nH]1. The standard InChI is InChI=1S/C16H15N5O2S/c1-3-21-9(2)19-20-16(21)24-8-12-17-13-10-6-4-5-7-11(10)23-14(13)15(22)18-12/h4-7H,3,8H2,1-2H3,(H,17,18,22). The second kappa shape index (κ2) is 5.79. The van der Waals surface area contributed by atoms with Gasteiger partial charge in [-0.15, -0.1) is 10.2 Å². The van der Waals surface area contributed by atoms with Gasteiger partial charge in [-0.05, 0) is 26.0 Å². The Bertz CT molecular complexity index is 1090. The molecule has 0 aliphatic carbocycles. The summed E-state index contributed by atoms with van der Waals surface area (Å²) in [5.74, 6) is 1.97. The van der Waals surface area contributed by atoms with Crippen molar-refractivity contribution >= 4 is 33.8 Å². The highest BCUT2D eigenvalue weighted by atomic mass is 32.2. The predicted octanol–water partition coefficient (Wildman–Crippen LogP) is 2.88. The molecule has 0 amide bonds. The molecule has 0 aliphatic rings. The molecule has 1 N–H and O–H groups in total. The van der Waals surface area contributed by atoms with E-state index in [1.807, 2.05) is 42.7 Å². The number of nitrogens with one attached hydrogen (secondary N) is 1. The van der Waals surface area contributed by atoms with E-state index in [4.69, 9.17) is 4.42 Å². The quantitative estimate of drug-likeness (QED) is 0.574. The van der Waals surface area contributed by atoms with Crippen molar-refractivity contribution in [1.82, 2.24) is 24.7 Å². The number of furan rings is 1. The zero-order chi connectivity index (χ0) is 16.7. The van der Waals surface area contributed by atoms with Gasteiger partial charge in [0.1, 0.15) is 22.7 Å². The summed E-state index contributed by atoms with van der Waals surface area (Å²) in [7, 11) is 0. The Morgan fingerprint density at radius 2 is 2.12 bits per heavy atom. The van der Waals surface area contributed by atoms with Crippen molar-refractivity contribution in [1.29, 1.82) is 0 Å². The maximum absolute atomic E-state index is 12.3. The van der Waals surface area contributed by atoms with Gasteiger partial charge in [0.2, 0.25) is 5.58 Å². The van der Waals surface area contributed by atoms with E-state index in [9.17, 15) is 4.79 Å². The number of H-pyrrole nitrogens is 1. The Kier molecular flexibility index (Phi) is 3.61. The first-order valence-corrected chi connectivity index (χ1v) is 8.59. The van der Waals surface area contributed by atoms with Gasteiger partial charge in [-0.3, -0.25) is 4.79 Å². The van der Waals surface area contributed by atoms with Crippen molar-refractivity contribution in [3.63, 3.8) is 0 Å². The fraction of sp³-hybridized carbons (Fsp3) is 0.250. The van der Waals surface area contributed by atoms with E-state index in [0.717, 1.165) is 22.9 Å². The summed E-state index contributed by atoms with van der Waals surface area (Å²) >= 11 is 1.50. The average molecular weight is 341 g/mol. The number of para-hydroxylation sites is 1. The van der Waals surface area contributed by atoms with Crippen LogP contribution in [0.3, 0.4) is 0 Å². The minimum absolute atomic E-state index is 0.262.